The Kier molecular flexibility index (Phi) is 9.39. The van der Waals surface area contributed by atoms with Crippen LogP contribution in [0.1, 0.15) is 44.2 Å². The maximum Gasteiger partial charge on any atom is 0.490 e. The highest BCUT2D eigenvalue weighted by Crippen LogP contribution is 2.52. The predicted octanol–water partition coefficient (Wildman–Crippen LogP) is 6.28. The lowest BCUT2D eigenvalue weighted by molar-refractivity contribution is -0.192. The van der Waals surface area contributed by atoms with Gasteiger partial charge in [0.1, 0.15) is 17.3 Å². The molecule has 1 saturated heterocycles. The molecule has 1 aliphatic heterocycles. The Morgan fingerprint density at radius 2 is 1.76 bits per heavy atom. The van der Waals surface area contributed by atoms with Crippen molar-refractivity contribution in [3.8, 4) is 6.07 Å². The number of aliphatic carboxylic acids is 2. The van der Waals surface area contributed by atoms with Crippen LogP contribution in [0, 0.1) is 22.6 Å². The number of nitrogens with one attached hydrogen (secondary N) is 1. The SMILES string of the molecule is CC(C)(C)C[C@@H]1N[C@H](C(=O)O)[C@H](c2cccc(Br)c2)[C@@]1(C#N)c1ccc(Cl)cc1F.O=C(O)C(F)(F)F. The highest BCUT2D eigenvalue weighted by atomic mass is 79.9. The van der Waals surface area contributed by atoms with Crippen LogP contribution in [-0.2, 0) is 15.0 Å². The molecule has 0 radical (unpaired) electrons. The van der Waals surface area contributed by atoms with Gasteiger partial charge in [0.05, 0.1) is 6.07 Å². The Labute approximate surface area is 224 Å². The minimum atomic E-state index is -5.08. The monoisotopic (exact) mass is 606 g/mol. The van der Waals surface area contributed by atoms with E-state index < -0.39 is 47.3 Å². The summed E-state index contributed by atoms with van der Waals surface area (Å²) in [6.45, 7) is 6.03. The molecule has 37 heavy (non-hydrogen) atoms. The summed E-state index contributed by atoms with van der Waals surface area (Å²) in [5.41, 5.74) is -0.856. The van der Waals surface area contributed by atoms with Crippen LogP contribution in [-0.4, -0.2) is 40.4 Å². The minimum absolute atomic E-state index is 0.157. The van der Waals surface area contributed by atoms with E-state index in [2.05, 4.69) is 27.3 Å². The molecule has 12 heteroatoms. The van der Waals surface area contributed by atoms with Crippen molar-refractivity contribution in [3.05, 3.63) is 68.9 Å². The lowest BCUT2D eigenvalue weighted by Crippen LogP contribution is -2.44. The minimum Gasteiger partial charge on any atom is -0.480 e. The highest BCUT2D eigenvalue weighted by Gasteiger charge is 2.60. The molecule has 1 aliphatic rings. The fraction of sp³-hybridized carbons (Fsp3) is 0.400. The summed E-state index contributed by atoms with van der Waals surface area (Å²) < 4.78 is 47.7. The van der Waals surface area contributed by atoms with Gasteiger partial charge in [0.2, 0.25) is 0 Å². The van der Waals surface area contributed by atoms with Gasteiger partial charge in [0, 0.05) is 27.0 Å². The highest BCUT2D eigenvalue weighted by molar-refractivity contribution is 9.10. The number of nitrogens with zero attached hydrogens (tertiary/aromatic N) is 1. The summed E-state index contributed by atoms with van der Waals surface area (Å²) in [4.78, 5) is 21.2. The lowest BCUT2D eigenvalue weighted by atomic mass is 9.63. The van der Waals surface area contributed by atoms with Crippen LogP contribution in [0.2, 0.25) is 5.02 Å². The number of benzene rings is 2. The number of hydrogen-bond donors (Lipinski definition) is 3. The number of carboxylic acids is 2. The second-order valence-corrected chi connectivity index (χ2v) is 11.1. The molecule has 3 N–H and O–H groups in total. The van der Waals surface area contributed by atoms with Gasteiger partial charge in [-0.05, 0) is 41.7 Å². The third-order valence-electron chi connectivity index (χ3n) is 5.85. The third kappa shape index (κ3) is 7.00. The van der Waals surface area contributed by atoms with Crippen molar-refractivity contribution in [2.45, 2.75) is 56.8 Å². The van der Waals surface area contributed by atoms with Gasteiger partial charge in [0.15, 0.2) is 0 Å². The normalized spacial score (nSPS) is 23.5. The van der Waals surface area contributed by atoms with Crippen LogP contribution in [0.25, 0.3) is 0 Å². The van der Waals surface area contributed by atoms with Crippen LogP contribution in [0.3, 0.4) is 0 Å². The van der Waals surface area contributed by atoms with Crippen LogP contribution < -0.4 is 5.32 Å². The van der Waals surface area contributed by atoms with Gasteiger partial charge in [-0.2, -0.15) is 18.4 Å². The number of nitriles is 1. The number of hydrogen-bond acceptors (Lipinski definition) is 4. The van der Waals surface area contributed by atoms with Crippen LogP contribution in [0.5, 0.6) is 0 Å². The summed E-state index contributed by atoms with van der Waals surface area (Å²) in [7, 11) is 0. The van der Waals surface area contributed by atoms with E-state index in [0.717, 1.165) is 4.47 Å². The number of rotatable bonds is 4. The van der Waals surface area contributed by atoms with Gasteiger partial charge >= 0.3 is 18.1 Å². The Morgan fingerprint density at radius 1 is 1.16 bits per heavy atom. The molecule has 0 aromatic heterocycles. The molecule has 0 aliphatic carbocycles. The van der Waals surface area contributed by atoms with Crippen molar-refractivity contribution >= 4 is 39.5 Å². The zero-order valence-corrected chi connectivity index (χ0v) is 22.2. The standard InChI is InChI=1S/C23H23BrClFN2O2.C2HF3O2/c1-22(2,3)11-18-23(12-27,16-8-7-15(25)10-17(16)26)19(20(28-18)21(29)30)13-5-4-6-14(24)9-13;3-2(4,5)1(6)7/h4-10,18-20,28H,11H2,1-3H3,(H,29,30);(H,6,7)/t18-,19-,20-,23-;/m0./s1. The van der Waals surface area contributed by atoms with E-state index in [4.69, 9.17) is 21.5 Å². The maximum atomic E-state index is 15.2. The topological polar surface area (TPSA) is 110 Å². The fourth-order valence-electron chi connectivity index (χ4n) is 4.51. The van der Waals surface area contributed by atoms with E-state index in [-0.39, 0.29) is 16.0 Å². The van der Waals surface area contributed by atoms with Crippen LogP contribution in [0.4, 0.5) is 17.6 Å². The van der Waals surface area contributed by atoms with Crippen molar-refractivity contribution in [1.82, 2.24) is 5.32 Å². The average Bonchev–Trinajstić information content (AvgIpc) is 3.07. The summed E-state index contributed by atoms with van der Waals surface area (Å²) in [6, 6.07) is 12.1. The summed E-state index contributed by atoms with van der Waals surface area (Å²) in [6.07, 6.45) is -4.60. The Hall–Kier alpha value is -2.68. The molecule has 3 rings (SSSR count). The second-order valence-electron chi connectivity index (χ2n) is 9.74. The van der Waals surface area contributed by atoms with Crippen molar-refractivity contribution in [2.75, 3.05) is 0 Å². The average molecular weight is 608 g/mol. The zero-order valence-electron chi connectivity index (χ0n) is 19.9. The van der Waals surface area contributed by atoms with Gasteiger partial charge in [-0.25, -0.2) is 9.18 Å². The van der Waals surface area contributed by atoms with Crippen molar-refractivity contribution < 1.29 is 37.4 Å². The van der Waals surface area contributed by atoms with Crippen LogP contribution in [0.15, 0.2) is 46.9 Å². The number of carboxylic acid groups (broad SMARTS) is 2. The second kappa shape index (κ2) is 11.4. The van der Waals surface area contributed by atoms with E-state index in [1.165, 1.54) is 12.1 Å². The molecule has 6 nitrogen and oxygen atoms in total. The van der Waals surface area contributed by atoms with Crippen molar-refractivity contribution in [1.29, 1.82) is 5.26 Å². The van der Waals surface area contributed by atoms with Gasteiger partial charge < -0.3 is 10.2 Å². The molecular formula is C25H24BrClF4N2O4. The molecule has 0 spiro atoms. The smallest absolute Gasteiger partial charge is 0.480 e. The van der Waals surface area contributed by atoms with Crippen molar-refractivity contribution in [3.63, 3.8) is 0 Å². The zero-order chi connectivity index (χ0) is 28.3. The molecule has 200 valence electrons. The summed E-state index contributed by atoms with van der Waals surface area (Å²) in [5.74, 6) is -5.26. The van der Waals surface area contributed by atoms with Gasteiger partial charge in [0.25, 0.3) is 0 Å². The summed E-state index contributed by atoms with van der Waals surface area (Å²) >= 11 is 9.40. The molecule has 0 unspecified atom stereocenters. The number of alkyl halides is 3. The lowest BCUT2D eigenvalue weighted by Gasteiger charge is -2.37. The quantitative estimate of drug-likeness (QED) is 0.353. The largest absolute Gasteiger partial charge is 0.490 e. The number of halogens is 6. The Morgan fingerprint density at radius 3 is 2.19 bits per heavy atom. The molecule has 2 aromatic rings. The van der Waals surface area contributed by atoms with E-state index >= 15 is 4.39 Å². The van der Waals surface area contributed by atoms with Gasteiger partial charge in [-0.15, -0.1) is 0 Å². The van der Waals surface area contributed by atoms with Gasteiger partial charge in [-0.3, -0.25) is 10.1 Å². The molecule has 0 amide bonds. The van der Waals surface area contributed by atoms with Crippen molar-refractivity contribution in [2.24, 2.45) is 5.41 Å². The van der Waals surface area contributed by atoms with E-state index in [9.17, 15) is 28.3 Å². The first-order chi connectivity index (χ1) is 16.9. The predicted molar refractivity (Wildman–Crippen MR) is 132 cm³/mol. The van der Waals surface area contributed by atoms with Crippen LogP contribution >= 0.6 is 27.5 Å². The maximum absolute atomic E-state index is 15.2. The molecule has 0 bridgehead atoms. The molecule has 1 heterocycles. The molecular weight excluding hydrogens is 584 g/mol. The summed E-state index contributed by atoms with van der Waals surface area (Å²) in [5, 5.41) is 31.1. The number of carbonyl (C=O) groups is 2. The van der Waals surface area contributed by atoms with E-state index in [1.807, 2.05) is 26.8 Å². The first-order valence-electron chi connectivity index (χ1n) is 10.8. The van der Waals surface area contributed by atoms with Gasteiger partial charge in [-0.1, -0.05) is 66.5 Å². The molecule has 0 saturated carbocycles. The van der Waals surface area contributed by atoms with E-state index in [1.54, 1.807) is 24.3 Å². The molecule has 1 fully saturated rings. The Balaban J connectivity index is 0.000000604. The third-order valence-corrected chi connectivity index (χ3v) is 6.58. The first kappa shape index (κ1) is 30.5. The fourth-order valence-corrected chi connectivity index (χ4v) is 5.09. The van der Waals surface area contributed by atoms with E-state index in [0.29, 0.717) is 12.0 Å². The molecule has 4 atom stereocenters. The molecule has 2 aromatic carbocycles. The Bertz CT molecular complexity index is 1210. The first-order valence-corrected chi connectivity index (χ1v) is 12.0.